The van der Waals surface area contributed by atoms with Crippen LogP contribution in [0.4, 0.5) is 0 Å². The van der Waals surface area contributed by atoms with Crippen molar-refractivity contribution in [1.29, 1.82) is 0 Å². The SMILES string of the molecule is CC(=O)O/N=C(/N)Cc1nc2ccccc2c(=O)[nH]1. The standard InChI is InChI=1S/C12H12N4O3/c1-7(17)19-16-10(13)6-11-14-9-5-3-2-4-8(9)12(18)15-11/h2-5H,6H2,1H3,(H2,13,16)(H,14,15,18). The minimum absolute atomic E-state index is 0.0497. The molecular formula is C12H12N4O3. The highest BCUT2D eigenvalue weighted by molar-refractivity contribution is 5.83. The molecule has 0 bridgehead atoms. The Kier molecular flexibility index (Phi) is 3.56. The van der Waals surface area contributed by atoms with Gasteiger partial charge in [-0.3, -0.25) is 4.79 Å². The number of benzene rings is 1. The topological polar surface area (TPSA) is 110 Å². The van der Waals surface area contributed by atoms with Gasteiger partial charge in [0, 0.05) is 6.92 Å². The maximum absolute atomic E-state index is 11.8. The number of oxime groups is 1. The molecule has 0 aliphatic rings. The lowest BCUT2D eigenvalue weighted by Gasteiger charge is -2.02. The Bertz CT molecular complexity index is 705. The monoisotopic (exact) mass is 260 g/mol. The van der Waals surface area contributed by atoms with Gasteiger partial charge in [-0.05, 0) is 12.1 Å². The first kappa shape index (κ1) is 12.7. The van der Waals surface area contributed by atoms with E-state index < -0.39 is 5.97 Å². The van der Waals surface area contributed by atoms with Gasteiger partial charge in [0.1, 0.15) is 11.7 Å². The number of nitrogens with zero attached hydrogens (tertiary/aromatic N) is 2. The van der Waals surface area contributed by atoms with Crippen molar-refractivity contribution in [3.63, 3.8) is 0 Å². The van der Waals surface area contributed by atoms with Crippen molar-refractivity contribution in [2.75, 3.05) is 0 Å². The van der Waals surface area contributed by atoms with Crippen molar-refractivity contribution < 1.29 is 9.63 Å². The van der Waals surface area contributed by atoms with E-state index in [9.17, 15) is 9.59 Å². The molecule has 0 aliphatic carbocycles. The van der Waals surface area contributed by atoms with Gasteiger partial charge in [-0.2, -0.15) is 0 Å². The summed E-state index contributed by atoms with van der Waals surface area (Å²) in [6.45, 7) is 1.22. The number of amidine groups is 1. The molecule has 2 rings (SSSR count). The molecule has 3 N–H and O–H groups in total. The average Bonchev–Trinajstić information content (AvgIpc) is 2.36. The van der Waals surface area contributed by atoms with Crippen LogP contribution in [0.2, 0.25) is 0 Å². The summed E-state index contributed by atoms with van der Waals surface area (Å²) in [5.74, 6) is -0.159. The van der Waals surface area contributed by atoms with Gasteiger partial charge in [0.25, 0.3) is 5.56 Å². The number of aromatic amines is 1. The van der Waals surface area contributed by atoms with Gasteiger partial charge in [0.15, 0.2) is 0 Å². The second-order valence-corrected chi connectivity index (χ2v) is 3.87. The zero-order valence-electron chi connectivity index (χ0n) is 10.2. The third-order valence-corrected chi connectivity index (χ3v) is 2.30. The van der Waals surface area contributed by atoms with Crippen molar-refractivity contribution in [2.24, 2.45) is 10.9 Å². The molecule has 0 radical (unpaired) electrons. The number of hydrogen-bond donors (Lipinski definition) is 2. The average molecular weight is 260 g/mol. The number of H-pyrrole nitrogens is 1. The molecule has 0 atom stereocenters. The summed E-state index contributed by atoms with van der Waals surface area (Å²) in [7, 11) is 0. The van der Waals surface area contributed by atoms with Crippen molar-refractivity contribution in [2.45, 2.75) is 13.3 Å². The van der Waals surface area contributed by atoms with Gasteiger partial charge >= 0.3 is 5.97 Å². The van der Waals surface area contributed by atoms with Crippen LogP contribution in [0.3, 0.4) is 0 Å². The second-order valence-electron chi connectivity index (χ2n) is 3.87. The first-order chi connectivity index (χ1) is 9.06. The summed E-state index contributed by atoms with van der Waals surface area (Å²) in [6, 6.07) is 6.96. The fourth-order valence-electron chi connectivity index (χ4n) is 1.55. The minimum Gasteiger partial charge on any atom is -0.384 e. The van der Waals surface area contributed by atoms with Gasteiger partial charge in [0.05, 0.1) is 17.3 Å². The van der Waals surface area contributed by atoms with Crippen LogP contribution in [0.15, 0.2) is 34.2 Å². The zero-order valence-corrected chi connectivity index (χ0v) is 10.2. The lowest BCUT2D eigenvalue weighted by molar-refractivity contribution is -0.140. The Balaban J connectivity index is 2.29. The van der Waals surface area contributed by atoms with Crippen LogP contribution >= 0.6 is 0 Å². The molecule has 1 aromatic carbocycles. The Morgan fingerprint density at radius 1 is 1.47 bits per heavy atom. The molecule has 0 fully saturated rings. The maximum Gasteiger partial charge on any atom is 0.332 e. The smallest absolute Gasteiger partial charge is 0.332 e. The van der Waals surface area contributed by atoms with Crippen molar-refractivity contribution in [3.8, 4) is 0 Å². The number of para-hydroxylation sites is 1. The number of carbonyl (C=O) groups is 1. The van der Waals surface area contributed by atoms with Gasteiger partial charge in [-0.25, -0.2) is 9.78 Å². The predicted molar refractivity (Wildman–Crippen MR) is 69.5 cm³/mol. The molecule has 7 heteroatoms. The van der Waals surface area contributed by atoms with E-state index in [4.69, 9.17) is 5.73 Å². The molecule has 0 saturated carbocycles. The van der Waals surface area contributed by atoms with Gasteiger partial charge in [-0.15, -0.1) is 0 Å². The molecule has 2 aromatic rings. The molecule has 1 heterocycles. The summed E-state index contributed by atoms with van der Waals surface area (Å²) in [4.78, 5) is 33.6. The molecule has 19 heavy (non-hydrogen) atoms. The Hall–Kier alpha value is -2.70. The van der Waals surface area contributed by atoms with Crippen LogP contribution in [0.1, 0.15) is 12.7 Å². The van der Waals surface area contributed by atoms with Crippen molar-refractivity contribution >= 4 is 22.7 Å². The van der Waals surface area contributed by atoms with Crippen LogP contribution in [0, 0.1) is 0 Å². The third-order valence-electron chi connectivity index (χ3n) is 2.30. The van der Waals surface area contributed by atoms with Crippen LogP contribution in [-0.2, 0) is 16.1 Å². The van der Waals surface area contributed by atoms with E-state index >= 15 is 0 Å². The minimum atomic E-state index is -0.567. The largest absolute Gasteiger partial charge is 0.384 e. The zero-order chi connectivity index (χ0) is 13.8. The summed E-state index contributed by atoms with van der Waals surface area (Å²) >= 11 is 0. The van der Waals surface area contributed by atoms with E-state index in [-0.39, 0.29) is 17.8 Å². The van der Waals surface area contributed by atoms with E-state index in [0.717, 1.165) is 0 Å². The molecule has 98 valence electrons. The number of aromatic nitrogens is 2. The first-order valence-electron chi connectivity index (χ1n) is 5.54. The van der Waals surface area contributed by atoms with Crippen LogP contribution in [0.25, 0.3) is 10.9 Å². The molecule has 0 unspecified atom stereocenters. The highest BCUT2D eigenvalue weighted by Crippen LogP contribution is 2.05. The number of nitrogens with two attached hydrogens (primary N) is 1. The summed E-state index contributed by atoms with van der Waals surface area (Å²) in [6.07, 6.45) is 0.0906. The molecule has 1 aromatic heterocycles. The van der Waals surface area contributed by atoms with E-state index in [1.54, 1.807) is 24.3 Å². The Morgan fingerprint density at radius 2 is 2.21 bits per heavy atom. The number of nitrogens with one attached hydrogen (secondary N) is 1. The summed E-state index contributed by atoms with van der Waals surface area (Å²) in [5.41, 5.74) is 5.88. The number of rotatable bonds is 3. The first-order valence-corrected chi connectivity index (χ1v) is 5.54. The fourth-order valence-corrected chi connectivity index (χ4v) is 1.55. The Morgan fingerprint density at radius 3 is 2.95 bits per heavy atom. The van der Waals surface area contributed by atoms with Gasteiger partial charge in [0.2, 0.25) is 0 Å². The third kappa shape index (κ3) is 3.15. The quantitative estimate of drug-likeness (QED) is 0.357. The normalized spacial score (nSPS) is 11.5. The number of fused-ring (bicyclic) bond motifs is 1. The number of carbonyl (C=O) groups excluding carboxylic acids is 1. The highest BCUT2D eigenvalue weighted by atomic mass is 16.7. The van der Waals surface area contributed by atoms with Crippen molar-refractivity contribution in [3.05, 3.63) is 40.4 Å². The molecule has 0 spiro atoms. The molecule has 0 amide bonds. The lowest BCUT2D eigenvalue weighted by Crippen LogP contribution is -2.20. The van der Waals surface area contributed by atoms with E-state index in [1.807, 2.05) is 0 Å². The van der Waals surface area contributed by atoms with E-state index in [0.29, 0.717) is 16.7 Å². The number of hydrogen-bond acceptors (Lipinski definition) is 5. The van der Waals surface area contributed by atoms with E-state index in [1.165, 1.54) is 6.92 Å². The van der Waals surface area contributed by atoms with E-state index in [2.05, 4.69) is 20.0 Å². The molecule has 0 saturated heterocycles. The maximum atomic E-state index is 11.8. The van der Waals surface area contributed by atoms with Crippen LogP contribution in [0.5, 0.6) is 0 Å². The summed E-state index contributed by atoms with van der Waals surface area (Å²) < 4.78 is 0. The molecule has 7 nitrogen and oxygen atoms in total. The lowest BCUT2D eigenvalue weighted by atomic mass is 10.2. The predicted octanol–water partition coefficient (Wildman–Crippen LogP) is 0.301. The van der Waals surface area contributed by atoms with Gasteiger partial charge < -0.3 is 15.6 Å². The Labute approximate surface area is 108 Å². The van der Waals surface area contributed by atoms with Crippen LogP contribution in [-0.4, -0.2) is 21.8 Å². The fraction of sp³-hybridized carbons (Fsp3) is 0.167. The highest BCUT2D eigenvalue weighted by Gasteiger charge is 2.05. The van der Waals surface area contributed by atoms with Crippen molar-refractivity contribution in [1.82, 2.24) is 9.97 Å². The second kappa shape index (κ2) is 5.30. The molecule has 0 aliphatic heterocycles. The van der Waals surface area contributed by atoms with Gasteiger partial charge in [-0.1, -0.05) is 17.3 Å². The van der Waals surface area contributed by atoms with Crippen LogP contribution < -0.4 is 11.3 Å². The summed E-state index contributed by atoms with van der Waals surface area (Å²) in [5, 5.41) is 3.91. The molecular weight excluding hydrogens is 248 g/mol.